The third kappa shape index (κ3) is 1.90. The minimum Gasteiger partial charge on any atom is -0.388 e. The average Bonchev–Trinajstić information content (AvgIpc) is 2.04. The maximum absolute atomic E-state index is 11.2. The highest BCUT2D eigenvalue weighted by Gasteiger charge is 2.18. The van der Waals surface area contributed by atoms with Crippen LogP contribution in [0.15, 0.2) is 11.6 Å². The molecule has 1 atom stereocenters. The van der Waals surface area contributed by atoms with Gasteiger partial charge in [-0.25, -0.2) is 0 Å². The molecule has 0 radical (unpaired) electrons. The lowest BCUT2D eigenvalue weighted by molar-refractivity contribution is -0.117. The molecule has 0 aromatic heterocycles. The fraction of sp³-hybridized carbons (Fsp3) is 0.667. The van der Waals surface area contributed by atoms with Crippen molar-refractivity contribution in [3.63, 3.8) is 0 Å². The van der Waals surface area contributed by atoms with Crippen molar-refractivity contribution in [1.29, 1.82) is 0 Å². The van der Waals surface area contributed by atoms with E-state index in [1.807, 2.05) is 13.0 Å². The fourth-order valence-corrected chi connectivity index (χ4v) is 1.32. The highest BCUT2D eigenvalue weighted by molar-refractivity contribution is 5.96. The minimum absolute atomic E-state index is 0.130. The molecule has 0 saturated carbocycles. The van der Waals surface area contributed by atoms with Crippen LogP contribution in [0.25, 0.3) is 0 Å². The number of carbonyl (C=O) groups excluding carboxylic acids is 1. The topological polar surface area (TPSA) is 37.3 Å². The number of hydrogen-bond acceptors (Lipinski definition) is 2. The summed E-state index contributed by atoms with van der Waals surface area (Å²) in [7, 11) is 0. The molecule has 2 nitrogen and oxygen atoms in total. The van der Waals surface area contributed by atoms with Gasteiger partial charge in [-0.2, -0.15) is 0 Å². The van der Waals surface area contributed by atoms with Crippen molar-refractivity contribution in [2.45, 2.75) is 38.7 Å². The van der Waals surface area contributed by atoms with E-state index in [2.05, 4.69) is 0 Å². The van der Waals surface area contributed by atoms with Crippen LogP contribution in [-0.2, 0) is 4.79 Å². The minimum atomic E-state index is -0.525. The van der Waals surface area contributed by atoms with Crippen molar-refractivity contribution in [2.75, 3.05) is 0 Å². The Balaban J connectivity index is 2.67. The van der Waals surface area contributed by atoms with Gasteiger partial charge in [-0.1, -0.05) is 13.0 Å². The van der Waals surface area contributed by atoms with Crippen molar-refractivity contribution in [3.8, 4) is 0 Å². The fourth-order valence-electron chi connectivity index (χ4n) is 1.32. The van der Waals surface area contributed by atoms with Gasteiger partial charge < -0.3 is 5.11 Å². The molecule has 62 valence electrons. The summed E-state index contributed by atoms with van der Waals surface area (Å²) in [6.07, 6.45) is 4.49. The van der Waals surface area contributed by atoms with Gasteiger partial charge in [-0.15, -0.1) is 0 Å². The lowest BCUT2D eigenvalue weighted by Crippen LogP contribution is -2.19. The molecule has 0 heterocycles. The highest BCUT2D eigenvalue weighted by Crippen LogP contribution is 2.18. The molecular weight excluding hydrogens is 140 g/mol. The van der Waals surface area contributed by atoms with Gasteiger partial charge in [-0.3, -0.25) is 4.79 Å². The molecule has 0 amide bonds. The van der Waals surface area contributed by atoms with E-state index in [0.717, 1.165) is 12.8 Å². The molecule has 1 aliphatic rings. The van der Waals surface area contributed by atoms with E-state index in [1.54, 1.807) is 0 Å². The summed E-state index contributed by atoms with van der Waals surface area (Å²) in [5.74, 6) is 0.130. The molecule has 0 fully saturated rings. The lowest BCUT2D eigenvalue weighted by atomic mass is 9.93. The summed E-state index contributed by atoms with van der Waals surface area (Å²) < 4.78 is 0. The normalized spacial score (nSPS) is 21.3. The molecule has 2 heteroatoms. The highest BCUT2D eigenvalue weighted by atomic mass is 16.3. The second-order valence-corrected chi connectivity index (χ2v) is 2.90. The molecule has 1 rings (SSSR count). The second-order valence-electron chi connectivity index (χ2n) is 2.90. The number of ketones is 1. The van der Waals surface area contributed by atoms with Crippen molar-refractivity contribution in [3.05, 3.63) is 11.6 Å². The van der Waals surface area contributed by atoms with Crippen LogP contribution in [0, 0.1) is 0 Å². The first-order chi connectivity index (χ1) is 5.25. The lowest BCUT2D eigenvalue weighted by Gasteiger charge is -2.15. The monoisotopic (exact) mass is 154 g/mol. The predicted octanol–water partition coefficient (Wildman–Crippen LogP) is 1.44. The predicted molar refractivity (Wildman–Crippen MR) is 43.2 cm³/mol. The van der Waals surface area contributed by atoms with Gasteiger partial charge in [-0.05, 0) is 19.3 Å². The number of allylic oxidation sites excluding steroid dienone is 1. The van der Waals surface area contributed by atoms with Gasteiger partial charge in [0.05, 0.1) is 6.10 Å². The summed E-state index contributed by atoms with van der Waals surface area (Å²) in [6, 6.07) is 0. The van der Waals surface area contributed by atoms with Gasteiger partial charge in [0.2, 0.25) is 0 Å². The van der Waals surface area contributed by atoms with E-state index < -0.39 is 6.10 Å². The summed E-state index contributed by atoms with van der Waals surface area (Å²) in [5, 5.41) is 9.36. The molecule has 0 spiro atoms. The first-order valence-corrected chi connectivity index (χ1v) is 4.17. The first-order valence-electron chi connectivity index (χ1n) is 4.17. The van der Waals surface area contributed by atoms with Crippen LogP contribution < -0.4 is 0 Å². The van der Waals surface area contributed by atoms with Crippen LogP contribution in [0.2, 0.25) is 0 Å². The smallest absolute Gasteiger partial charge is 0.161 e. The Morgan fingerprint density at radius 1 is 1.73 bits per heavy atom. The number of Topliss-reactive ketones (excluding diaryl/α,β-unsaturated/α-hetero) is 1. The van der Waals surface area contributed by atoms with Crippen LogP contribution in [0.1, 0.15) is 32.6 Å². The average molecular weight is 154 g/mol. The zero-order chi connectivity index (χ0) is 8.27. The standard InChI is InChI=1S/C9H14O2/c1-2-8(10)7-5-3-4-6-9(7)11/h5,8,10H,2-4,6H2,1H3/t8-/m1/s1. The largest absolute Gasteiger partial charge is 0.388 e. The number of aliphatic hydroxyl groups is 1. The summed E-state index contributed by atoms with van der Waals surface area (Å²) in [5.41, 5.74) is 0.638. The Bertz CT molecular complexity index is 182. The number of carbonyl (C=O) groups is 1. The number of hydrogen-bond donors (Lipinski definition) is 1. The van der Waals surface area contributed by atoms with Gasteiger partial charge in [0, 0.05) is 12.0 Å². The van der Waals surface area contributed by atoms with E-state index in [9.17, 15) is 9.90 Å². The summed E-state index contributed by atoms with van der Waals surface area (Å²) >= 11 is 0. The van der Waals surface area contributed by atoms with E-state index in [4.69, 9.17) is 0 Å². The van der Waals surface area contributed by atoms with Gasteiger partial charge in [0.25, 0.3) is 0 Å². The quantitative estimate of drug-likeness (QED) is 0.653. The molecule has 0 aliphatic heterocycles. The Morgan fingerprint density at radius 2 is 2.45 bits per heavy atom. The third-order valence-electron chi connectivity index (χ3n) is 2.04. The Labute approximate surface area is 66.9 Å². The summed E-state index contributed by atoms with van der Waals surface area (Å²) in [6.45, 7) is 1.88. The molecule has 0 aromatic rings. The van der Waals surface area contributed by atoms with Crippen LogP contribution in [0.5, 0.6) is 0 Å². The molecule has 0 saturated heterocycles. The molecule has 0 unspecified atom stereocenters. The molecule has 11 heavy (non-hydrogen) atoms. The summed E-state index contributed by atoms with van der Waals surface area (Å²) in [4.78, 5) is 11.2. The van der Waals surface area contributed by atoms with Gasteiger partial charge in [0.15, 0.2) is 5.78 Å². The van der Waals surface area contributed by atoms with Crippen molar-refractivity contribution in [2.24, 2.45) is 0 Å². The molecule has 0 aromatic carbocycles. The number of aliphatic hydroxyl groups excluding tert-OH is 1. The van der Waals surface area contributed by atoms with Gasteiger partial charge >= 0.3 is 0 Å². The first kappa shape index (κ1) is 8.47. The SMILES string of the molecule is CC[C@@H](O)C1=CCCCC1=O. The van der Waals surface area contributed by atoms with E-state index in [1.165, 1.54) is 0 Å². The van der Waals surface area contributed by atoms with Crippen LogP contribution in [-0.4, -0.2) is 17.0 Å². The molecular formula is C9H14O2. The molecule has 1 N–H and O–H groups in total. The van der Waals surface area contributed by atoms with Crippen LogP contribution >= 0.6 is 0 Å². The van der Waals surface area contributed by atoms with Crippen molar-refractivity contribution in [1.82, 2.24) is 0 Å². The van der Waals surface area contributed by atoms with E-state index >= 15 is 0 Å². The Morgan fingerprint density at radius 3 is 3.00 bits per heavy atom. The second kappa shape index (κ2) is 3.67. The maximum atomic E-state index is 11.2. The Hall–Kier alpha value is -0.630. The zero-order valence-electron chi connectivity index (χ0n) is 6.84. The molecule has 1 aliphatic carbocycles. The van der Waals surface area contributed by atoms with Crippen molar-refractivity contribution >= 4 is 5.78 Å². The van der Waals surface area contributed by atoms with Crippen molar-refractivity contribution < 1.29 is 9.90 Å². The van der Waals surface area contributed by atoms with Crippen LogP contribution in [0.4, 0.5) is 0 Å². The van der Waals surface area contributed by atoms with E-state index in [-0.39, 0.29) is 5.78 Å². The zero-order valence-corrected chi connectivity index (χ0v) is 6.84. The Kier molecular flexibility index (Phi) is 2.83. The molecule has 0 bridgehead atoms. The maximum Gasteiger partial charge on any atom is 0.161 e. The van der Waals surface area contributed by atoms with Crippen LogP contribution in [0.3, 0.4) is 0 Å². The number of rotatable bonds is 2. The van der Waals surface area contributed by atoms with Gasteiger partial charge in [0.1, 0.15) is 0 Å². The van der Waals surface area contributed by atoms with E-state index in [0.29, 0.717) is 18.4 Å². The third-order valence-corrected chi connectivity index (χ3v) is 2.04.